The van der Waals surface area contributed by atoms with Crippen LogP contribution in [0.4, 0.5) is 13.2 Å². The van der Waals surface area contributed by atoms with Crippen molar-refractivity contribution in [2.24, 2.45) is 5.73 Å². The van der Waals surface area contributed by atoms with E-state index in [4.69, 9.17) is 10.5 Å². The second-order valence-electron chi connectivity index (χ2n) is 4.12. The number of para-hydroxylation sites is 1. The third-order valence-electron chi connectivity index (χ3n) is 2.60. The third kappa shape index (κ3) is 2.88. The highest BCUT2D eigenvalue weighted by molar-refractivity contribution is 5.40. The van der Waals surface area contributed by atoms with Gasteiger partial charge in [0.1, 0.15) is 5.75 Å². The summed E-state index contributed by atoms with van der Waals surface area (Å²) in [7, 11) is 0. The lowest BCUT2D eigenvalue weighted by Gasteiger charge is -2.14. The van der Waals surface area contributed by atoms with E-state index in [0.717, 1.165) is 12.1 Å². The molecule has 0 aliphatic rings. The topological polar surface area (TPSA) is 35.2 Å². The van der Waals surface area contributed by atoms with Crippen LogP contribution < -0.4 is 10.5 Å². The average Bonchev–Trinajstić information content (AvgIpc) is 2.36. The highest BCUT2D eigenvalue weighted by atomic mass is 19.2. The molecule has 19 heavy (non-hydrogen) atoms. The molecule has 0 amide bonds. The summed E-state index contributed by atoms with van der Waals surface area (Å²) in [6, 6.07) is 6.87. The van der Waals surface area contributed by atoms with Crippen LogP contribution in [0.3, 0.4) is 0 Å². The van der Waals surface area contributed by atoms with Crippen molar-refractivity contribution >= 4 is 0 Å². The molecule has 0 spiro atoms. The molecule has 2 N–H and O–H groups in total. The smallest absolute Gasteiger partial charge is 0.167 e. The van der Waals surface area contributed by atoms with E-state index in [9.17, 15) is 13.2 Å². The number of rotatable bonds is 3. The molecule has 100 valence electrons. The zero-order chi connectivity index (χ0) is 14.0. The van der Waals surface area contributed by atoms with Crippen molar-refractivity contribution in [1.29, 1.82) is 0 Å². The van der Waals surface area contributed by atoms with Crippen molar-refractivity contribution in [3.63, 3.8) is 0 Å². The van der Waals surface area contributed by atoms with Crippen LogP contribution in [0.15, 0.2) is 36.4 Å². The minimum absolute atomic E-state index is 0.00546. The van der Waals surface area contributed by atoms with Gasteiger partial charge in [-0.05, 0) is 25.1 Å². The molecule has 0 heterocycles. The SMILES string of the molecule is C[C@H](N)c1cccc(F)c1Oc1ccc(F)c(F)c1. The van der Waals surface area contributed by atoms with Crippen LogP contribution in [0.25, 0.3) is 0 Å². The van der Waals surface area contributed by atoms with Gasteiger partial charge in [-0.3, -0.25) is 0 Å². The number of benzene rings is 2. The first-order chi connectivity index (χ1) is 8.99. The quantitative estimate of drug-likeness (QED) is 0.914. The Labute approximate surface area is 108 Å². The third-order valence-corrected chi connectivity index (χ3v) is 2.60. The summed E-state index contributed by atoms with van der Waals surface area (Å²) in [5.74, 6) is -2.74. The first-order valence-corrected chi connectivity index (χ1v) is 5.66. The maximum atomic E-state index is 13.7. The Morgan fingerprint density at radius 3 is 2.37 bits per heavy atom. The van der Waals surface area contributed by atoms with Crippen molar-refractivity contribution in [1.82, 2.24) is 0 Å². The van der Waals surface area contributed by atoms with Crippen LogP contribution in [0.5, 0.6) is 11.5 Å². The predicted molar refractivity (Wildman–Crippen MR) is 65.4 cm³/mol. The lowest BCUT2D eigenvalue weighted by atomic mass is 10.1. The van der Waals surface area contributed by atoms with Crippen LogP contribution in [-0.2, 0) is 0 Å². The molecular formula is C14H12F3NO. The van der Waals surface area contributed by atoms with E-state index >= 15 is 0 Å². The molecule has 0 radical (unpaired) electrons. The van der Waals surface area contributed by atoms with Gasteiger partial charge >= 0.3 is 0 Å². The first kappa shape index (κ1) is 13.4. The summed E-state index contributed by atoms with van der Waals surface area (Å²) < 4.78 is 44.9. The van der Waals surface area contributed by atoms with Gasteiger partial charge in [0.15, 0.2) is 23.2 Å². The maximum Gasteiger partial charge on any atom is 0.167 e. The molecule has 1 atom stereocenters. The summed E-state index contributed by atoms with van der Waals surface area (Å²) in [5, 5.41) is 0. The number of hydrogen-bond donors (Lipinski definition) is 1. The van der Waals surface area contributed by atoms with Gasteiger partial charge in [0, 0.05) is 17.7 Å². The molecule has 0 aromatic heterocycles. The van der Waals surface area contributed by atoms with E-state index in [1.165, 1.54) is 18.2 Å². The molecule has 0 saturated carbocycles. The fraction of sp³-hybridized carbons (Fsp3) is 0.143. The Kier molecular flexibility index (Phi) is 3.76. The number of ether oxygens (including phenoxy) is 1. The van der Waals surface area contributed by atoms with Crippen LogP contribution >= 0.6 is 0 Å². The Hall–Kier alpha value is -2.01. The monoisotopic (exact) mass is 267 g/mol. The Bertz CT molecular complexity index is 599. The van der Waals surface area contributed by atoms with Gasteiger partial charge in [-0.2, -0.15) is 0 Å². The molecule has 0 saturated heterocycles. The molecule has 0 fully saturated rings. The normalized spacial score (nSPS) is 12.3. The molecular weight excluding hydrogens is 255 g/mol. The fourth-order valence-corrected chi connectivity index (χ4v) is 1.65. The Morgan fingerprint density at radius 2 is 1.74 bits per heavy atom. The van der Waals surface area contributed by atoms with Crippen LogP contribution in [0.2, 0.25) is 0 Å². The highest BCUT2D eigenvalue weighted by Crippen LogP contribution is 2.31. The molecule has 0 aliphatic carbocycles. The number of hydrogen-bond acceptors (Lipinski definition) is 2. The zero-order valence-electron chi connectivity index (χ0n) is 10.2. The molecule has 2 aromatic carbocycles. The largest absolute Gasteiger partial charge is 0.454 e. The second kappa shape index (κ2) is 5.32. The lowest BCUT2D eigenvalue weighted by Crippen LogP contribution is -2.07. The van der Waals surface area contributed by atoms with E-state index in [-0.39, 0.29) is 11.5 Å². The number of halogens is 3. The Balaban J connectivity index is 2.40. The van der Waals surface area contributed by atoms with Gasteiger partial charge in [0.25, 0.3) is 0 Å². The highest BCUT2D eigenvalue weighted by Gasteiger charge is 2.14. The summed E-state index contributed by atoms with van der Waals surface area (Å²) in [6.45, 7) is 1.67. The molecule has 0 bridgehead atoms. The average molecular weight is 267 g/mol. The number of nitrogens with two attached hydrogens (primary N) is 1. The summed E-state index contributed by atoms with van der Waals surface area (Å²) >= 11 is 0. The van der Waals surface area contributed by atoms with E-state index < -0.39 is 23.5 Å². The molecule has 2 nitrogen and oxygen atoms in total. The molecule has 5 heteroatoms. The summed E-state index contributed by atoms with van der Waals surface area (Å²) in [4.78, 5) is 0. The van der Waals surface area contributed by atoms with Crippen molar-refractivity contribution in [2.45, 2.75) is 13.0 Å². The maximum absolute atomic E-state index is 13.7. The van der Waals surface area contributed by atoms with Crippen LogP contribution in [0, 0.1) is 17.5 Å². The van der Waals surface area contributed by atoms with Gasteiger partial charge in [-0.15, -0.1) is 0 Å². The lowest BCUT2D eigenvalue weighted by molar-refractivity contribution is 0.424. The zero-order valence-corrected chi connectivity index (χ0v) is 10.2. The van der Waals surface area contributed by atoms with Crippen LogP contribution in [0.1, 0.15) is 18.5 Å². The summed E-state index contributed by atoms with van der Waals surface area (Å²) in [5.41, 5.74) is 6.16. The Morgan fingerprint density at radius 1 is 1.00 bits per heavy atom. The van der Waals surface area contributed by atoms with Gasteiger partial charge in [0.05, 0.1) is 0 Å². The fourth-order valence-electron chi connectivity index (χ4n) is 1.65. The van der Waals surface area contributed by atoms with Gasteiger partial charge in [-0.25, -0.2) is 13.2 Å². The van der Waals surface area contributed by atoms with E-state index in [1.54, 1.807) is 13.0 Å². The first-order valence-electron chi connectivity index (χ1n) is 5.66. The molecule has 2 aromatic rings. The van der Waals surface area contributed by atoms with E-state index in [2.05, 4.69) is 0 Å². The minimum atomic E-state index is -1.06. The van der Waals surface area contributed by atoms with E-state index in [0.29, 0.717) is 5.56 Å². The van der Waals surface area contributed by atoms with Crippen molar-refractivity contribution in [2.75, 3.05) is 0 Å². The standard InChI is InChI=1S/C14H12F3NO/c1-8(18)10-3-2-4-12(16)14(10)19-9-5-6-11(15)13(17)7-9/h2-8H,18H2,1H3/t8-/m0/s1. The van der Waals surface area contributed by atoms with Crippen molar-refractivity contribution in [3.8, 4) is 11.5 Å². The van der Waals surface area contributed by atoms with Gasteiger partial charge in [0.2, 0.25) is 0 Å². The molecule has 0 aliphatic heterocycles. The minimum Gasteiger partial charge on any atom is -0.454 e. The second-order valence-corrected chi connectivity index (χ2v) is 4.12. The summed E-state index contributed by atoms with van der Waals surface area (Å²) in [6.07, 6.45) is 0. The van der Waals surface area contributed by atoms with Crippen molar-refractivity contribution in [3.05, 3.63) is 59.4 Å². The van der Waals surface area contributed by atoms with Gasteiger partial charge in [-0.1, -0.05) is 12.1 Å². The van der Waals surface area contributed by atoms with E-state index in [1.807, 2.05) is 0 Å². The molecule has 0 unspecified atom stereocenters. The van der Waals surface area contributed by atoms with Crippen molar-refractivity contribution < 1.29 is 17.9 Å². The van der Waals surface area contributed by atoms with Gasteiger partial charge < -0.3 is 10.5 Å². The molecule has 2 rings (SSSR count). The van der Waals surface area contributed by atoms with Crippen LogP contribution in [-0.4, -0.2) is 0 Å². The predicted octanol–water partition coefficient (Wildman–Crippen LogP) is 3.92.